The number of nitrogens with zero attached hydrogens (tertiary/aromatic N) is 1. The van der Waals surface area contributed by atoms with Crippen LogP contribution in [-0.2, 0) is 0 Å². The van der Waals surface area contributed by atoms with Crippen LogP contribution in [0.25, 0.3) is 0 Å². The van der Waals surface area contributed by atoms with Gasteiger partial charge in [-0.1, -0.05) is 38.4 Å². The molecule has 0 radical (unpaired) electrons. The van der Waals surface area contributed by atoms with Crippen LogP contribution < -0.4 is 11.1 Å². The fraction of sp³-hybridized carbons (Fsp3) is 0.643. The van der Waals surface area contributed by atoms with E-state index in [0.717, 1.165) is 25.8 Å². The summed E-state index contributed by atoms with van der Waals surface area (Å²) in [5.74, 6) is 0.289. The van der Waals surface area contributed by atoms with E-state index < -0.39 is 0 Å². The summed E-state index contributed by atoms with van der Waals surface area (Å²) < 4.78 is 0. The van der Waals surface area contributed by atoms with Crippen LogP contribution in [0, 0.1) is 5.41 Å². The lowest BCUT2D eigenvalue weighted by atomic mass is 9.88. The van der Waals surface area contributed by atoms with E-state index in [4.69, 9.17) is 10.9 Å². The van der Waals surface area contributed by atoms with Gasteiger partial charge in [0.15, 0.2) is 0 Å². The number of thiophene rings is 1. The minimum absolute atomic E-state index is 0.284. The Balaban J connectivity index is 2.50. The largest absolute Gasteiger partial charge is 0.409 e. The highest BCUT2D eigenvalue weighted by molar-refractivity contribution is 7.10. The molecule has 4 N–H and O–H groups in total. The third kappa shape index (κ3) is 4.84. The molecular formula is C14H25N3OS. The summed E-state index contributed by atoms with van der Waals surface area (Å²) in [5.41, 5.74) is 5.41. The molecule has 0 aliphatic rings. The van der Waals surface area contributed by atoms with Gasteiger partial charge in [-0.05, 0) is 30.8 Å². The van der Waals surface area contributed by atoms with Crippen molar-refractivity contribution in [3.05, 3.63) is 22.4 Å². The van der Waals surface area contributed by atoms with Gasteiger partial charge in [0.1, 0.15) is 5.84 Å². The highest BCUT2D eigenvalue weighted by atomic mass is 32.1. The lowest BCUT2D eigenvalue weighted by Gasteiger charge is -2.25. The van der Waals surface area contributed by atoms with Crippen LogP contribution in [0.2, 0.25) is 0 Å². The van der Waals surface area contributed by atoms with Crippen molar-refractivity contribution >= 4 is 17.2 Å². The first-order valence-corrected chi connectivity index (χ1v) is 7.64. The predicted octanol–water partition coefficient (Wildman–Crippen LogP) is 3.34. The van der Waals surface area contributed by atoms with Crippen molar-refractivity contribution in [3.8, 4) is 0 Å². The number of hydrogen-bond donors (Lipinski definition) is 3. The van der Waals surface area contributed by atoms with Crippen LogP contribution in [-0.4, -0.2) is 17.6 Å². The van der Waals surface area contributed by atoms with Crippen molar-refractivity contribution in [1.82, 2.24) is 5.32 Å². The zero-order chi connectivity index (χ0) is 14.3. The molecule has 4 nitrogen and oxygen atoms in total. The van der Waals surface area contributed by atoms with Crippen LogP contribution in [0.3, 0.4) is 0 Å². The minimum atomic E-state index is -0.284. The van der Waals surface area contributed by atoms with Crippen LogP contribution in [0.5, 0.6) is 0 Å². The van der Waals surface area contributed by atoms with Gasteiger partial charge in [-0.2, -0.15) is 0 Å². The van der Waals surface area contributed by atoms with Crippen molar-refractivity contribution < 1.29 is 5.21 Å². The van der Waals surface area contributed by atoms with Crippen molar-refractivity contribution in [2.75, 3.05) is 6.54 Å². The maximum Gasteiger partial charge on any atom is 0.144 e. The molecule has 0 saturated heterocycles. The first-order chi connectivity index (χ1) is 9.01. The fourth-order valence-corrected chi connectivity index (χ4v) is 2.78. The molecule has 19 heavy (non-hydrogen) atoms. The topological polar surface area (TPSA) is 70.6 Å². The van der Waals surface area contributed by atoms with E-state index in [-0.39, 0.29) is 11.3 Å². The second-order valence-corrected chi connectivity index (χ2v) is 6.41. The minimum Gasteiger partial charge on any atom is -0.409 e. The average Bonchev–Trinajstić information content (AvgIpc) is 2.90. The Morgan fingerprint density at radius 3 is 2.84 bits per heavy atom. The summed E-state index contributed by atoms with van der Waals surface area (Å²) in [6.07, 6.45) is 3.12. The van der Waals surface area contributed by atoms with Gasteiger partial charge < -0.3 is 16.3 Å². The molecule has 1 atom stereocenters. The summed E-state index contributed by atoms with van der Waals surface area (Å²) in [7, 11) is 0. The van der Waals surface area contributed by atoms with E-state index in [1.54, 1.807) is 11.3 Å². The predicted molar refractivity (Wildman–Crippen MR) is 81.8 cm³/mol. The number of nitrogens with one attached hydrogen (secondary N) is 1. The molecular weight excluding hydrogens is 258 g/mol. The number of hydrogen-bond acceptors (Lipinski definition) is 4. The Kier molecular flexibility index (Phi) is 6.31. The Bertz CT molecular complexity index is 387. The monoisotopic (exact) mass is 283 g/mol. The number of oxime groups is 1. The number of nitrogens with two attached hydrogens (primary N) is 1. The Morgan fingerprint density at radius 1 is 1.58 bits per heavy atom. The van der Waals surface area contributed by atoms with Crippen LogP contribution in [0.4, 0.5) is 0 Å². The maximum absolute atomic E-state index is 8.76. The van der Waals surface area contributed by atoms with Gasteiger partial charge in [-0.3, -0.25) is 0 Å². The van der Waals surface area contributed by atoms with E-state index in [1.165, 1.54) is 4.88 Å². The van der Waals surface area contributed by atoms with Crippen molar-refractivity contribution in [2.45, 2.75) is 46.1 Å². The van der Waals surface area contributed by atoms with E-state index >= 15 is 0 Å². The Morgan fingerprint density at radius 2 is 2.32 bits per heavy atom. The van der Waals surface area contributed by atoms with Gasteiger partial charge in [0.25, 0.3) is 0 Å². The molecule has 0 amide bonds. The summed E-state index contributed by atoms with van der Waals surface area (Å²) >= 11 is 1.79. The molecule has 0 saturated carbocycles. The Labute approximate surface area is 119 Å². The molecule has 0 aliphatic heterocycles. The zero-order valence-corrected chi connectivity index (χ0v) is 12.8. The maximum atomic E-state index is 8.76. The fourth-order valence-electron chi connectivity index (χ4n) is 1.95. The molecule has 5 heteroatoms. The number of amidine groups is 1. The second kappa shape index (κ2) is 7.50. The number of rotatable bonds is 8. The highest BCUT2D eigenvalue weighted by Crippen LogP contribution is 2.25. The quantitative estimate of drug-likeness (QED) is 0.296. The summed E-state index contributed by atoms with van der Waals surface area (Å²) in [5, 5.41) is 17.6. The van der Waals surface area contributed by atoms with Gasteiger partial charge in [-0.25, -0.2) is 0 Å². The normalized spacial score (nSPS) is 14.6. The molecule has 0 spiro atoms. The lowest BCUT2D eigenvalue weighted by Crippen LogP contribution is -2.35. The van der Waals surface area contributed by atoms with Crippen LogP contribution >= 0.6 is 11.3 Å². The Hall–Kier alpha value is -1.07. The lowest BCUT2D eigenvalue weighted by molar-refractivity contribution is 0.304. The second-order valence-electron chi connectivity index (χ2n) is 5.43. The zero-order valence-electron chi connectivity index (χ0n) is 12.0. The summed E-state index contributed by atoms with van der Waals surface area (Å²) in [4.78, 5) is 1.38. The smallest absolute Gasteiger partial charge is 0.144 e. The first kappa shape index (κ1) is 16.0. The van der Waals surface area contributed by atoms with E-state index in [1.807, 2.05) is 13.8 Å². The SMILES string of the molecule is CCCC(NCCC(C)(C)C(N)=NO)c1cccs1. The molecule has 1 aromatic rings. The molecule has 1 rings (SSSR count). The van der Waals surface area contributed by atoms with E-state index in [2.05, 4.69) is 34.9 Å². The molecule has 1 aromatic heterocycles. The molecule has 0 fully saturated rings. The first-order valence-electron chi connectivity index (χ1n) is 6.76. The van der Waals surface area contributed by atoms with Crippen molar-refractivity contribution in [1.29, 1.82) is 0 Å². The van der Waals surface area contributed by atoms with Crippen molar-refractivity contribution in [3.63, 3.8) is 0 Å². The molecule has 0 aromatic carbocycles. The van der Waals surface area contributed by atoms with Crippen molar-refractivity contribution in [2.24, 2.45) is 16.3 Å². The third-order valence-electron chi connectivity index (χ3n) is 3.41. The van der Waals surface area contributed by atoms with Crippen LogP contribution in [0.15, 0.2) is 22.7 Å². The standard InChI is InChI=1S/C14H25N3OS/c1-4-6-11(12-7-5-10-19-12)16-9-8-14(2,3)13(15)17-18/h5,7,10-11,16,18H,4,6,8-9H2,1-3H3,(H2,15,17). The van der Waals surface area contributed by atoms with Gasteiger partial charge in [0, 0.05) is 16.3 Å². The highest BCUT2D eigenvalue weighted by Gasteiger charge is 2.23. The molecule has 1 heterocycles. The van der Waals surface area contributed by atoms with E-state index in [9.17, 15) is 0 Å². The van der Waals surface area contributed by atoms with Gasteiger partial charge in [0.05, 0.1) is 0 Å². The molecule has 0 aliphatic carbocycles. The van der Waals surface area contributed by atoms with Crippen LogP contribution in [0.1, 0.15) is 51.0 Å². The average molecular weight is 283 g/mol. The molecule has 108 valence electrons. The van der Waals surface area contributed by atoms with E-state index in [0.29, 0.717) is 6.04 Å². The third-order valence-corrected chi connectivity index (χ3v) is 4.39. The van der Waals surface area contributed by atoms with Gasteiger partial charge in [-0.15, -0.1) is 11.3 Å². The summed E-state index contributed by atoms with van der Waals surface area (Å²) in [6.45, 7) is 7.03. The van der Waals surface area contributed by atoms with Gasteiger partial charge in [0.2, 0.25) is 0 Å². The molecule has 0 bridgehead atoms. The van der Waals surface area contributed by atoms with Gasteiger partial charge >= 0.3 is 0 Å². The summed E-state index contributed by atoms with van der Waals surface area (Å²) in [6, 6.07) is 4.67. The molecule has 1 unspecified atom stereocenters.